The molecule has 5 heterocycles. The summed E-state index contributed by atoms with van der Waals surface area (Å²) in [5.74, 6) is 3.31. The fraction of sp³-hybridized carbons (Fsp3) is 0.259. The molecule has 10 nitrogen and oxygen atoms in total. The van der Waals surface area contributed by atoms with Crippen molar-refractivity contribution in [3.05, 3.63) is 72.9 Å². The van der Waals surface area contributed by atoms with Gasteiger partial charge in [0, 0.05) is 49.5 Å². The predicted molar refractivity (Wildman–Crippen MR) is 142 cm³/mol. The van der Waals surface area contributed by atoms with Crippen molar-refractivity contribution in [3.8, 4) is 17.1 Å². The largest absolute Gasteiger partial charge is 0.353 e. The Morgan fingerprint density at radius 2 is 1.81 bits per heavy atom. The molecular weight excluding hydrogens is 464 g/mol. The smallest absolute Gasteiger partial charge is 0.248 e. The van der Waals surface area contributed by atoms with Crippen LogP contribution in [0.5, 0.6) is 0 Å². The number of pyridine rings is 2. The number of rotatable bonds is 6. The molecule has 0 radical (unpaired) electrons. The van der Waals surface area contributed by atoms with E-state index in [-0.39, 0.29) is 0 Å². The van der Waals surface area contributed by atoms with E-state index in [1.165, 1.54) is 18.4 Å². The van der Waals surface area contributed by atoms with E-state index < -0.39 is 0 Å². The average Bonchev–Trinajstić information content (AvgIpc) is 3.71. The van der Waals surface area contributed by atoms with Gasteiger partial charge < -0.3 is 15.5 Å². The second-order valence-corrected chi connectivity index (χ2v) is 9.41. The number of nitrogens with zero attached hydrogens (tertiary/aromatic N) is 8. The Labute approximate surface area is 213 Å². The van der Waals surface area contributed by atoms with Gasteiger partial charge in [0.25, 0.3) is 0 Å². The summed E-state index contributed by atoms with van der Waals surface area (Å²) in [5, 5.41) is 12.3. The third-order valence-corrected chi connectivity index (χ3v) is 6.82. The summed E-state index contributed by atoms with van der Waals surface area (Å²) in [6.45, 7) is 3.71. The highest BCUT2D eigenvalue weighted by Gasteiger charge is 2.29. The third kappa shape index (κ3) is 4.36. The van der Waals surface area contributed by atoms with Crippen LogP contribution < -0.4 is 15.5 Å². The summed E-state index contributed by atoms with van der Waals surface area (Å²) in [5.41, 5.74) is 3.97. The summed E-state index contributed by atoms with van der Waals surface area (Å²) in [4.78, 5) is 25.8. The molecule has 0 spiro atoms. The summed E-state index contributed by atoms with van der Waals surface area (Å²) >= 11 is 0. The van der Waals surface area contributed by atoms with Crippen LogP contribution in [0.4, 0.5) is 17.6 Å². The molecule has 4 aromatic heterocycles. The van der Waals surface area contributed by atoms with Crippen molar-refractivity contribution in [1.82, 2.24) is 40.0 Å². The average molecular weight is 491 g/mol. The van der Waals surface area contributed by atoms with Gasteiger partial charge in [-0.3, -0.25) is 4.98 Å². The second-order valence-electron chi connectivity index (χ2n) is 9.41. The normalized spacial score (nSPS) is 15.7. The van der Waals surface area contributed by atoms with E-state index in [9.17, 15) is 0 Å². The molecule has 10 heteroatoms. The zero-order valence-electron chi connectivity index (χ0n) is 20.2. The Morgan fingerprint density at radius 1 is 0.946 bits per heavy atom. The molecule has 0 bridgehead atoms. The van der Waals surface area contributed by atoms with Crippen LogP contribution in [0, 0.1) is 0 Å². The zero-order chi connectivity index (χ0) is 24.6. The molecule has 184 valence electrons. The summed E-state index contributed by atoms with van der Waals surface area (Å²) in [7, 11) is 0. The Kier molecular flexibility index (Phi) is 5.43. The lowest BCUT2D eigenvalue weighted by molar-refractivity contribution is 0.586. The van der Waals surface area contributed by atoms with Gasteiger partial charge in [0.05, 0.1) is 17.4 Å². The predicted octanol–water partition coefficient (Wildman–Crippen LogP) is 3.70. The van der Waals surface area contributed by atoms with Crippen molar-refractivity contribution >= 4 is 28.5 Å². The number of nitrogens with one attached hydrogen (secondary N) is 2. The van der Waals surface area contributed by atoms with Crippen LogP contribution in [0.1, 0.15) is 24.3 Å². The maximum Gasteiger partial charge on any atom is 0.248 e. The Balaban J connectivity index is 1.24. The van der Waals surface area contributed by atoms with Gasteiger partial charge in [-0.05, 0) is 48.6 Å². The van der Waals surface area contributed by atoms with Gasteiger partial charge in [-0.25, -0.2) is 19.6 Å². The number of hydrogen-bond acceptors (Lipinski definition) is 9. The fourth-order valence-corrected chi connectivity index (χ4v) is 4.81. The maximum absolute atomic E-state index is 5.13. The highest BCUT2D eigenvalue weighted by Crippen LogP contribution is 2.44. The van der Waals surface area contributed by atoms with Crippen molar-refractivity contribution in [2.24, 2.45) is 0 Å². The summed E-state index contributed by atoms with van der Waals surface area (Å²) < 4.78 is 1.73. The van der Waals surface area contributed by atoms with Crippen molar-refractivity contribution in [2.45, 2.75) is 18.8 Å². The summed E-state index contributed by atoms with van der Waals surface area (Å²) in [6.07, 6.45) is 9.71. The van der Waals surface area contributed by atoms with E-state index in [0.717, 1.165) is 54.2 Å². The van der Waals surface area contributed by atoms with E-state index in [1.54, 1.807) is 17.2 Å². The topological polar surface area (TPSA) is 110 Å². The molecule has 2 fully saturated rings. The quantitative estimate of drug-likeness (QED) is 0.368. The van der Waals surface area contributed by atoms with E-state index in [4.69, 9.17) is 9.97 Å². The van der Waals surface area contributed by atoms with Gasteiger partial charge in [-0.2, -0.15) is 4.98 Å². The van der Waals surface area contributed by atoms with Crippen LogP contribution in [-0.4, -0.2) is 60.9 Å². The van der Waals surface area contributed by atoms with Crippen LogP contribution in [-0.2, 0) is 0 Å². The molecule has 37 heavy (non-hydrogen) atoms. The van der Waals surface area contributed by atoms with Gasteiger partial charge in [0.1, 0.15) is 18.0 Å². The number of fused-ring (bicyclic) bond motifs is 1. The highest BCUT2D eigenvalue weighted by molar-refractivity contribution is 5.94. The first-order valence-electron chi connectivity index (χ1n) is 12.6. The molecule has 2 aliphatic rings. The first-order valence-corrected chi connectivity index (χ1v) is 12.6. The molecule has 5 aromatic rings. The minimum absolute atomic E-state index is 0.465. The number of para-hydroxylation sites is 1. The molecule has 1 aliphatic carbocycles. The lowest BCUT2D eigenvalue weighted by Crippen LogP contribution is -2.44. The van der Waals surface area contributed by atoms with Crippen LogP contribution in [0.2, 0.25) is 0 Å². The van der Waals surface area contributed by atoms with E-state index in [0.29, 0.717) is 23.5 Å². The Bertz CT molecular complexity index is 1550. The molecule has 2 N–H and O–H groups in total. The summed E-state index contributed by atoms with van der Waals surface area (Å²) in [6, 6.07) is 13.7. The number of benzene rings is 1. The van der Waals surface area contributed by atoms with E-state index >= 15 is 0 Å². The molecule has 1 aromatic carbocycles. The van der Waals surface area contributed by atoms with Crippen molar-refractivity contribution in [1.29, 1.82) is 0 Å². The molecule has 7 rings (SSSR count). The zero-order valence-corrected chi connectivity index (χ0v) is 20.2. The molecule has 0 atom stereocenters. The Morgan fingerprint density at radius 3 is 2.65 bits per heavy atom. The minimum atomic E-state index is 0.465. The number of piperazine rings is 1. The van der Waals surface area contributed by atoms with E-state index in [2.05, 4.69) is 35.6 Å². The molecule has 0 amide bonds. The van der Waals surface area contributed by atoms with Crippen LogP contribution in [0.25, 0.3) is 28.0 Å². The van der Waals surface area contributed by atoms with Gasteiger partial charge >= 0.3 is 0 Å². The third-order valence-electron chi connectivity index (χ3n) is 6.82. The van der Waals surface area contributed by atoms with Gasteiger partial charge in [0.15, 0.2) is 5.82 Å². The highest BCUT2D eigenvalue weighted by atomic mass is 15.4. The van der Waals surface area contributed by atoms with Crippen molar-refractivity contribution in [3.63, 3.8) is 0 Å². The first kappa shape index (κ1) is 21.8. The van der Waals surface area contributed by atoms with Gasteiger partial charge in [-0.1, -0.05) is 18.2 Å². The SMILES string of the molecule is c1ccc(-n2cnc(Nc3cc(-c4nc(N5CCNCC5)c5c(C6CC6)cncc5n4)ccn3)n2)cc1. The van der Waals surface area contributed by atoms with Gasteiger partial charge in [-0.15, -0.1) is 5.10 Å². The van der Waals surface area contributed by atoms with Crippen LogP contribution in [0.15, 0.2) is 67.4 Å². The van der Waals surface area contributed by atoms with Crippen molar-refractivity contribution < 1.29 is 0 Å². The fourth-order valence-electron chi connectivity index (χ4n) is 4.81. The van der Waals surface area contributed by atoms with Gasteiger partial charge in [0.2, 0.25) is 5.95 Å². The Hall–Kier alpha value is -4.44. The van der Waals surface area contributed by atoms with Crippen LogP contribution in [0.3, 0.4) is 0 Å². The maximum atomic E-state index is 5.13. The lowest BCUT2D eigenvalue weighted by Gasteiger charge is -2.30. The monoisotopic (exact) mass is 490 g/mol. The second kappa shape index (κ2) is 9.21. The number of anilines is 3. The minimum Gasteiger partial charge on any atom is -0.353 e. The molecule has 0 unspecified atom stereocenters. The first-order chi connectivity index (χ1) is 18.3. The number of aromatic nitrogens is 7. The standard InChI is InChI=1S/C27H26N10/c1-2-4-20(5-3-1)37-17-31-27(35-37)33-23-14-19(8-9-30-23)25-32-22-16-29-15-21(18-6-7-18)24(22)26(34-25)36-12-10-28-11-13-36/h1-5,8-9,14-18,28H,6-7,10-13H2,(H,30,33,35). The molecule has 1 aliphatic heterocycles. The lowest BCUT2D eigenvalue weighted by atomic mass is 10.1. The van der Waals surface area contributed by atoms with Crippen LogP contribution >= 0.6 is 0 Å². The van der Waals surface area contributed by atoms with Crippen molar-refractivity contribution in [2.75, 3.05) is 36.4 Å². The number of hydrogen-bond donors (Lipinski definition) is 2. The molecule has 1 saturated heterocycles. The van der Waals surface area contributed by atoms with E-state index in [1.807, 2.05) is 54.9 Å². The molecule has 1 saturated carbocycles. The molecular formula is C27H26N10.